The highest BCUT2D eigenvalue weighted by Gasteiger charge is 2.55. The summed E-state index contributed by atoms with van der Waals surface area (Å²) in [6.07, 6.45) is 4.56. The summed E-state index contributed by atoms with van der Waals surface area (Å²) in [7, 11) is 0. The Bertz CT molecular complexity index is 927. The van der Waals surface area contributed by atoms with Crippen LogP contribution in [-0.2, 0) is 22.6 Å². The molecule has 1 aromatic rings. The van der Waals surface area contributed by atoms with Gasteiger partial charge in [-0.3, -0.25) is 19.4 Å². The Kier molecular flexibility index (Phi) is 5.57. The van der Waals surface area contributed by atoms with Crippen molar-refractivity contribution < 1.29 is 19.1 Å². The number of piperazine rings is 1. The minimum absolute atomic E-state index is 0.0992. The van der Waals surface area contributed by atoms with Crippen molar-refractivity contribution in [3.8, 4) is 5.75 Å². The molecule has 0 bridgehead atoms. The third-order valence-electron chi connectivity index (χ3n) is 7.68. The number of amides is 4. The molecule has 3 fully saturated rings. The molecule has 4 aliphatic rings. The number of hydrogen-bond acceptors (Lipinski definition) is 5. The molecular weight excluding hydrogens is 408 g/mol. The van der Waals surface area contributed by atoms with E-state index in [1.54, 1.807) is 4.90 Å². The van der Waals surface area contributed by atoms with Crippen LogP contribution in [0.5, 0.6) is 5.75 Å². The van der Waals surface area contributed by atoms with Gasteiger partial charge in [0, 0.05) is 39.1 Å². The number of imide groups is 1. The van der Waals surface area contributed by atoms with E-state index in [1.165, 1.54) is 11.1 Å². The summed E-state index contributed by atoms with van der Waals surface area (Å²) >= 11 is 0. The average molecular weight is 441 g/mol. The van der Waals surface area contributed by atoms with Crippen molar-refractivity contribution in [2.45, 2.75) is 51.1 Å². The highest BCUT2D eigenvalue weighted by Crippen LogP contribution is 2.38. The van der Waals surface area contributed by atoms with Gasteiger partial charge in [-0.25, -0.2) is 4.79 Å². The summed E-state index contributed by atoms with van der Waals surface area (Å²) in [4.78, 5) is 43.9. The number of carbonyl (C=O) groups excluding carboxylic acids is 3. The molecule has 32 heavy (non-hydrogen) atoms. The number of hydrogen-bond donors (Lipinski definition) is 1. The van der Waals surface area contributed by atoms with E-state index >= 15 is 0 Å². The Morgan fingerprint density at radius 2 is 2.00 bits per heavy atom. The summed E-state index contributed by atoms with van der Waals surface area (Å²) in [5, 5.41) is 2.93. The minimum atomic E-state index is -0.810. The minimum Gasteiger partial charge on any atom is -0.493 e. The Morgan fingerprint density at radius 3 is 2.78 bits per heavy atom. The number of fused-ring (bicyclic) bond motifs is 1. The zero-order valence-electron chi connectivity index (χ0n) is 18.8. The highest BCUT2D eigenvalue weighted by molar-refractivity contribution is 6.09. The maximum Gasteiger partial charge on any atom is 0.325 e. The first-order chi connectivity index (χ1) is 15.5. The largest absolute Gasteiger partial charge is 0.493 e. The van der Waals surface area contributed by atoms with E-state index in [0.29, 0.717) is 19.5 Å². The summed E-state index contributed by atoms with van der Waals surface area (Å²) in [6.45, 7) is 6.25. The van der Waals surface area contributed by atoms with E-state index in [2.05, 4.69) is 28.4 Å². The second-order valence-electron chi connectivity index (χ2n) is 9.64. The molecule has 172 valence electrons. The molecule has 2 atom stereocenters. The topological polar surface area (TPSA) is 82.2 Å². The van der Waals surface area contributed by atoms with E-state index in [4.69, 9.17) is 4.74 Å². The fourth-order valence-corrected chi connectivity index (χ4v) is 5.63. The van der Waals surface area contributed by atoms with Crippen molar-refractivity contribution >= 4 is 17.8 Å². The van der Waals surface area contributed by atoms with Crippen molar-refractivity contribution in [2.75, 3.05) is 39.3 Å². The Labute approximate surface area is 188 Å². The maximum atomic E-state index is 13.1. The normalized spacial score (nSPS) is 28.1. The van der Waals surface area contributed by atoms with Gasteiger partial charge < -0.3 is 15.0 Å². The monoisotopic (exact) mass is 440 g/mol. The number of nitrogens with zero attached hydrogens (tertiary/aromatic N) is 3. The fraction of sp³-hybridized carbons (Fsp3) is 0.625. The van der Waals surface area contributed by atoms with Gasteiger partial charge in [-0.1, -0.05) is 31.9 Å². The Balaban J connectivity index is 1.15. The third-order valence-corrected chi connectivity index (χ3v) is 7.68. The van der Waals surface area contributed by atoms with E-state index in [0.717, 1.165) is 62.6 Å². The number of ether oxygens (including phenoxy) is 1. The van der Waals surface area contributed by atoms with Gasteiger partial charge in [-0.15, -0.1) is 0 Å². The molecule has 8 nitrogen and oxygen atoms in total. The van der Waals surface area contributed by atoms with Crippen LogP contribution in [0.3, 0.4) is 0 Å². The molecule has 1 aliphatic carbocycles. The smallest absolute Gasteiger partial charge is 0.325 e. The van der Waals surface area contributed by atoms with E-state index in [-0.39, 0.29) is 24.3 Å². The number of benzene rings is 1. The molecule has 5 rings (SSSR count). The van der Waals surface area contributed by atoms with Gasteiger partial charge in [-0.05, 0) is 36.0 Å². The Morgan fingerprint density at radius 1 is 1.19 bits per heavy atom. The first-order valence-electron chi connectivity index (χ1n) is 11.8. The van der Waals surface area contributed by atoms with Gasteiger partial charge in [0.2, 0.25) is 5.91 Å². The van der Waals surface area contributed by atoms with Crippen molar-refractivity contribution in [1.29, 1.82) is 0 Å². The molecule has 0 aromatic heterocycles. The molecule has 8 heteroatoms. The fourth-order valence-electron chi connectivity index (χ4n) is 5.63. The number of urea groups is 1. The van der Waals surface area contributed by atoms with Crippen molar-refractivity contribution in [1.82, 2.24) is 20.0 Å². The van der Waals surface area contributed by atoms with Crippen LogP contribution >= 0.6 is 0 Å². The molecule has 2 saturated heterocycles. The molecule has 1 aromatic carbocycles. The maximum absolute atomic E-state index is 13.1. The van der Waals surface area contributed by atoms with E-state index in [9.17, 15) is 14.4 Å². The molecular formula is C24H32N4O4. The summed E-state index contributed by atoms with van der Waals surface area (Å²) in [5.41, 5.74) is 1.73. The van der Waals surface area contributed by atoms with Crippen LogP contribution in [0, 0.1) is 5.92 Å². The van der Waals surface area contributed by atoms with Gasteiger partial charge in [0.05, 0.1) is 6.61 Å². The first kappa shape index (κ1) is 21.2. The van der Waals surface area contributed by atoms with Crippen LogP contribution in [0.1, 0.15) is 43.7 Å². The molecule has 1 spiro atoms. The number of nitrogens with one attached hydrogen (secondary N) is 1. The predicted octanol–water partition coefficient (Wildman–Crippen LogP) is 1.77. The Hall–Kier alpha value is -2.61. The molecule has 3 heterocycles. The van der Waals surface area contributed by atoms with Crippen LogP contribution in [0.2, 0.25) is 0 Å². The summed E-state index contributed by atoms with van der Waals surface area (Å²) < 4.78 is 5.58. The van der Waals surface area contributed by atoms with Crippen LogP contribution in [0.25, 0.3) is 0 Å². The molecule has 0 radical (unpaired) electrons. The lowest BCUT2D eigenvalue weighted by Crippen LogP contribution is -2.54. The van der Waals surface area contributed by atoms with Gasteiger partial charge in [0.25, 0.3) is 5.91 Å². The van der Waals surface area contributed by atoms with E-state index < -0.39 is 11.6 Å². The number of rotatable bonds is 4. The van der Waals surface area contributed by atoms with Gasteiger partial charge in [0.1, 0.15) is 17.8 Å². The second-order valence-corrected chi connectivity index (χ2v) is 9.64. The van der Waals surface area contributed by atoms with Gasteiger partial charge >= 0.3 is 6.03 Å². The molecule has 4 amide bonds. The summed E-state index contributed by atoms with van der Waals surface area (Å²) in [5.74, 6) is 0.724. The lowest BCUT2D eigenvalue weighted by molar-refractivity contribution is -0.141. The predicted molar refractivity (Wildman–Crippen MR) is 118 cm³/mol. The number of carbonyl (C=O) groups is 3. The molecule has 3 aliphatic heterocycles. The molecule has 1 N–H and O–H groups in total. The van der Waals surface area contributed by atoms with Crippen molar-refractivity contribution in [3.63, 3.8) is 0 Å². The zero-order chi connectivity index (χ0) is 22.3. The van der Waals surface area contributed by atoms with Crippen LogP contribution in [0.4, 0.5) is 4.79 Å². The molecule has 0 unspecified atom stereocenters. The zero-order valence-corrected chi connectivity index (χ0v) is 18.8. The van der Waals surface area contributed by atoms with Gasteiger partial charge in [0.15, 0.2) is 0 Å². The van der Waals surface area contributed by atoms with Crippen LogP contribution in [-0.4, -0.2) is 77.4 Å². The average Bonchev–Trinajstić information content (AvgIpc) is 3.35. The van der Waals surface area contributed by atoms with Crippen LogP contribution in [0.15, 0.2) is 18.2 Å². The molecule has 1 saturated carbocycles. The second kappa shape index (κ2) is 8.39. The van der Waals surface area contributed by atoms with Gasteiger partial charge in [-0.2, -0.15) is 0 Å². The first-order valence-corrected chi connectivity index (χ1v) is 11.8. The summed E-state index contributed by atoms with van der Waals surface area (Å²) in [6, 6.07) is 5.97. The lowest BCUT2D eigenvalue weighted by Gasteiger charge is -2.37. The standard InChI is InChI=1S/C24H32N4O4/c1-17-4-2-3-8-24(17)22(30)28(23(31)25-24)16-21(29)27-11-9-26(10-12-27)15-18-5-6-20-19(14-18)7-13-32-20/h5-6,14,17H,2-4,7-13,15-16H2,1H3,(H,25,31)/t17-,24-/m1/s1. The third kappa shape index (κ3) is 3.74. The van der Waals surface area contributed by atoms with E-state index in [1.807, 2.05) is 6.92 Å². The SMILES string of the molecule is C[C@@H]1CCCC[C@@]12NC(=O)N(CC(=O)N1CCN(Cc3ccc4c(c3)CCO4)CC1)C2=O. The quantitative estimate of drug-likeness (QED) is 0.722. The van der Waals surface area contributed by atoms with Crippen LogP contribution < -0.4 is 10.1 Å². The highest BCUT2D eigenvalue weighted by atomic mass is 16.5. The lowest BCUT2D eigenvalue weighted by atomic mass is 9.73. The van der Waals surface area contributed by atoms with Crippen molar-refractivity contribution in [3.05, 3.63) is 29.3 Å². The van der Waals surface area contributed by atoms with Crippen molar-refractivity contribution in [2.24, 2.45) is 5.92 Å².